The maximum absolute atomic E-state index is 14.6. The summed E-state index contributed by atoms with van der Waals surface area (Å²) in [6.45, 7) is 2.23. The lowest BCUT2D eigenvalue weighted by Crippen LogP contribution is -2.11. The first-order valence-electron chi connectivity index (χ1n) is 10.1. The molecule has 0 aliphatic heterocycles. The minimum absolute atomic E-state index is 0.175. The summed E-state index contributed by atoms with van der Waals surface area (Å²) >= 11 is 0. The molecule has 0 aromatic heterocycles. The van der Waals surface area contributed by atoms with Gasteiger partial charge in [-0.25, -0.2) is 13.2 Å². The lowest BCUT2D eigenvalue weighted by Gasteiger charge is -2.26. The van der Waals surface area contributed by atoms with Crippen LogP contribution in [0.2, 0.25) is 0 Å². The van der Waals surface area contributed by atoms with E-state index in [0.717, 1.165) is 43.4 Å². The average molecular weight is 426 g/mol. The monoisotopic (exact) mass is 426 g/mol. The number of allylic oxidation sites excluding steroid dienone is 1. The first-order valence-corrected chi connectivity index (χ1v) is 10.1. The van der Waals surface area contributed by atoms with Gasteiger partial charge in [-0.1, -0.05) is 31.9 Å². The van der Waals surface area contributed by atoms with E-state index in [1.54, 1.807) is 12.1 Å². The summed E-state index contributed by atoms with van der Waals surface area (Å²) in [6, 6.07) is 7.19. The van der Waals surface area contributed by atoms with Crippen LogP contribution in [-0.4, -0.2) is 6.18 Å². The summed E-state index contributed by atoms with van der Waals surface area (Å²) in [4.78, 5) is 0. The smallest absolute Gasteiger partial charge is 0.207 e. The Morgan fingerprint density at radius 2 is 1.50 bits per heavy atom. The molecule has 0 atom stereocenters. The molecule has 1 saturated carbocycles. The van der Waals surface area contributed by atoms with Gasteiger partial charge in [-0.2, -0.15) is 13.2 Å². The number of alkyl halides is 3. The van der Waals surface area contributed by atoms with Gasteiger partial charge < -0.3 is 0 Å². The molecule has 0 N–H and O–H groups in total. The summed E-state index contributed by atoms with van der Waals surface area (Å²) in [5.74, 6) is -1.41. The molecule has 6 heteroatoms. The van der Waals surface area contributed by atoms with Crippen LogP contribution in [-0.2, 0) is 12.8 Å². The van der Waals surface area contributed by atoms with Crippen molar-refractivity contribution < 1.29 is 26.3 Å². The third-order valence-corrected chi connectivity index (χ3v) is 5.83. The van der Waals surface area contributed by atoms with Crippen LogP contribution in [0.25, 0.3) is 6.08 Å². The quantitative estimate of drug-likeness (QED) is 0.429. The molecule has 3 rings (SSSR count). The Balaban J connectivity index is 1.67. The Kier molecular flexibility index (Phi) is 6.94. The van der Waals surface area contributed by atoms with Crippen LogP contribution in [0.4, 0.5) is 26.3 Å². The zero-order chi connectivity index (χ0) is 21.9. The van der Waals surface area contributed by atoms with E-state index >= 15 is 0 Å². The fourth-order valence-corrected chi connectivity index (χ4v) is 4.01. The number of rotatable bonds is 5. The number of hydrogen-bond acceptors (Lipinski definition) is 0. The van der Waals surface area contributed by atoms with E-state index in [1.165, 1.54) is 0 Å². The summed E-state index contributed by atoms with van der Waals surface area (Å²) in [5, 5.41) is 0. The highest BCUT2D eigenvalue weighted by Crippen LogP contribution is 2.36. The fourth-order valence-electron chi connectivity index (χ4n) is 4.01. The van der Waals surface area contributed by atoms with Crippen LogP contribution in [0.1, 0.15) is 60.8 Å². The van der Waals surface area contributed by atoms with Crippen molar-refractivity contribution in [3.05, 3.63) is 76.1 Å². The zero-order valence-corrected chi connectivity index (χ0v) is 16.7. The van der Waals surface area contributed by atoms with Crippen molar-refractivity contribution in [2.75, 3.05) is 0 Å². The van der Waals surface area contributed by atoms with Gasteiger partial charge >= 0.3 is 6.18 Å². The van der Waals surface area contributed by atoms with Crippen LogP contribution in [0.5, 0.6) is 0 Å². The van der Waals surface area contributed by atoms with Crippen molar-refractivity contribution in [1.82, 2.24) is 0 Å². The van der Waals surface area contributed by atoms with Gasteiger partial charge in [0.15, 0.2) is 0 Å². The van der Waals surface area contributed by atoms with Gasteiger partial charge in [-0.05, 0) is 78.5 Å². The highest BCUT2D eigenvalue weighted by atomic mass is 19.4. The van der Waals surface area contributed by atoms with Crippen molar-refractivity contribution in [1.29, 1.82) is 0 Å². The van der Waals surface area contributed by atoms with Gasteiger partial charge in [0.2, 0.25) is 0 Å². The molecule has 162 valence electrons. The van der Waals surface area contributed by atoms with Crippen LogP contribution in [0, 0.1) is 23.4 Å². The van der Waals surface area contributed by atoms with E-state index in [4.69, 9.17) is 0 Å². The molecule has 0 saturated heterocycles. The molecule has 1 aliphatic carbocycles. The van der Waals surface area contributed by atoms with Gasteiger partial charge in [0.25, 0.3) is 0 Å². The fraction of sp³-hybridized carbons (Fsp3) is 0.417. The molecule has 0 spiro atoms. The Labute approximate surface area is 172 Å². The SMILES string of the molecule is CC1CCC(c2ccc(CCc3cc(F)c(/C=C/C(F)(F)F)c(F)c3)c(F)c2)CC1. The topological polar surface area (TPSA) is 0 Å². The van der Waals surface area contributed by atoms with Crippen LogP contribution < -0.4 is 0 Å². The second kappa shape index (κ2) is 9.27. The maximum Gasteiger partial charge on any atom is 0.409 e. The number of halogens is 6. The van der Waals surface area contributed by atoms with E-state index in [2.05, 4.69) is 6.92 Å². The van der Waals surface area contributed by atoms with Crippen LogP contribution in [0.15, 0.2) is 36.4 Å². The molecule has 30 heavy (non-hydrogen) atoms. The van der Waals surface area contributed by atoms with Gasteiger partial charge in [-0.15, -0.1) is 0 Å². The van der Waals surface area contributed by atoms with E-state index in [-0.39, 0.29) is 30.3 Å². The third kappa shape index (κ3) is 5.89. The molecule has 0 bridgehead atoms. The zero-order valence-electron chi connectivity index (χ0n) is 16.7. The Hall–Kier alpha value is -2.24. The molecular formula is C24H24F6. The van der Waals surface area contributed by atoms with Crippen molar-refractivity contribution in [2.45, 2.75) is 57.5 Å². The lowest BCUT2D eigenvalue weighted by atomic mass is 9.79. The predicted octanol–water partition coefficient (Wildman–Crippen LogP) is 7.76. The molecule has 0 nitrogen and oxygen atoms in total. The molecule has 0 amide bonds. The minimum Gasteiger partial charge on any atom is -0.207 e. The van der Waals surface area contributed by atoms with E-state index in [1.807, 2.05) is 6.07 Å². The third-order valence-electron chi connectivity index (χ3n) is 5.83. The molecule has 0 heterocycles. The highest BCUT2D eigenvalue weighted by molar-refractivity contribution is 5.52. The highest BCUT2D eigenvalue weighted by Gasteiger charge is 2.23. The van der Waals surface area contributed by atoms with E-state index in [9.17, 15) is 26.3 Å². The van der Waals surface area contributed by atoms with E-state index < -0.39 is 23.4 Å². The second-order valence-electron chi connectivity index (χ2n) is 8.16. The lowest BCUT2D eigenvalue weighted by molar-refractivity contribution is -0.0790. The maximum atomic E-state index is 14.6. The Morgan fingerprint density at radius 1 is 0.867 bits per heavy atom. The van der Waals surface area contributed by atoms with Crippen LogP contribution >= 0.6 is 0 Å². The van der Waals surface area contributed by atoms with Gasteiger partial charge in [0.05, 0.1) is 0 Å². The Bertz CT molecular complexity index is 881. The number of aryl methyl sites for hydroxylation is 2. The number of benzene rings is 2. The molecule has 1 fully saturated rings. The predicted molar refractivity (Wildman–Crippen MR) is 106 cm³/mol. The Morgan fingerprint density at radius 3 is 2.07 bits per heavy atom. The summed E-state index contributed by atoms with van der Waals surface area (Å²) < 4.78 is 79.3. The first-order chi connectivity index (χ1) is 14.1. The summed E-state index contributed by atoms with van der Waals surface area (Å²) in [6.07, 6.45) is 0.298. The van der Waals surface area contributed by atoms with Crippen molar-refractivity contribution >= 4 is 6.08 Å². The average Bonchev–Trinajstić information content (AvgIpc) is 2.66. The normalized spacial score (nSPS) is 20.1. The second-order valence-corrected chi connectivity index (χ2v) is 8.16. The minimum atomic E-state index is -4.66. The molecule has 2 aromatic carbocycles. The van der Waals surface area contributed by atoms with E-state index in [0.29, 0.717) is 23.5 Å². The van der Waals surface area contributed by atoms with Crippen LogP contribution in [0.3, 0.4) is 0 Å². The molecular weight excluding hydrogens is 402 g/mol. The van der Waals surface area contributed by atoms with Gasteiger partial charge in [0, 0.05) is 11.6 Å². The molecule has 0 radical (unpaired) electrons. The molecule has 1 aliphatic rings. The number of hydrogen-bond donors (Lipinski definition) is 0. The summed E-state index contributed by atoms with van der Waals surface area (Å²) in [5.41, 5.74) is 0.957. The molecule has 0 unspecified atom stereocenters. The standard InChI is InChI=1S/C24H24F6/c1-15-2-5-17(6-3-15)19-9-8-18(21(25)14-19)7-4-16-12-22(26)20(23(27)13-16)10-11-24(28,29)30/h8-15,17H,2-7H2,1H3/b11-10+. The van der Waals surface area contributed by atoms with Crippen molar-refractivity contribution in [2.24, 2.45) is 5.92 Å². The van der Waals surface area contributed by atoms with Crippen molar-refractivity contribution in [3.8, 4) is 0 Å². The van der Waals surface area contributed by atoms with Gasteiger partial charge in [-0.3, -0.25) is 0 Å². The summed E-state index contributed by atoms with van der Waals surface area (Å²) in [7, 11) is 0. The van der Waals surface area contributed by atoms with Crippen molar-refractivity contribution in [3.63, 3.8) is 0 Å². The largest absolute Gasteiger partial charge is 0.409 e. The van der Waals surface area contributed by atoms with Gasteiger partial charge in [0.1, 0.15) is 17.5 Å². The first kappa shape index (κ1) is 22.4. The molecule has 2 aromatic rings.